The summed E-state index contributed by atoms with van der Waals surface area (Å²) < 4.78 is 15.5. The number of rotatable bonds is 3. The first-order valence-corrected chi connectivity index (χ1v) is 6.12. The van der Waals surface area contributed by atoms with Gasteiger partial charge in [-0.25, -0.2) is 0 Å². The highest BCUT2D eigenvalue weighted by Gasteiger charge is 2.15. The Hall–Kier alpha value is -3.20. The van der Waals surface area contributed by atoms with E-state index < -0.39 is 5.91 Å². The minimum Gasteiger partial charge on any atom is -0.465 e. The van der Waals surface area contributed by atoms with Crippen molar-refractivity contribution >= 4 is 17.7 Å². The monoisotopic (exact) mass is 282 g/mol. The molecule has 6 heteroatoms. The zero-order valence-electron chi connectivity index (χ0n) is 10.8. The first-order valence-electron chi connectivity index (χ1n) is 6.12. The van der Waals surface area contributed by atoms with E-state index >= 15 is 0 Å². The molecule has 0 radical (unpaired) electrons. The number of carbonyl (C=O) groups excluding carboxylic acids is 1. The van der Waals surface area contributed by atoms with Crippen molar-refractivity contribution in [3.05, 3.63) is 47.9 Å². The summed E-state index contributed by atoms with van der Waals surface area (Å²) in [7, 11) is 0. The van der Waals surface area contributed by atoms with Crippen LogP contribution in [0.1, 0.15) is 5.76 Å². The number of nitriles is 1. The molecule has 0 saturated heterocycles. The minimum absolute atomic E-state index is 0.0531. The third kappa shape index (κ3) is 2.72. The lowest BCUT2D eigenvalue weighted by atomic mass is 10.2. The molecule has 1 N–H and O–H groups in total. The van der Waals surface area contributed by atoms with Gasteiger partial charge in [0.05, 0.1) is 6.26 Å². The Balaban J connectivity index is 1.78. The summed E-state index contributed by atoms with van der Waals surface area (Å²) in [4.78, 5) is 12.1. The van der Waals surface area contributed by atoms with E-state index in [0.29, 0.717) is 22.9 Å². The molecule has 0 fully saturated rings. The summed E-state index contributed by atoms with van der Waals surface area (Å²) >= 11 is 0. The van der Waals surface area contributed by atoms with Crippen molar-refractivity contribution in [1.29, 1.82) is 5.26 Å². The van der Waals surface area contributed by atoms with Gasteiger partial charge >= 0.3 is 0 Å². The van der Waals surface area contributed by atoms with Crippen molar-refractivity contribution in [2.75, 3.05) is 12.1 Å². The standard InChI is InChI=1S/C15H10N2O4/c16-8-10(6-12-2-1-5-19-12)15(18)17-11-3-4-13-14(7-11)21-9-20-13/h1-7H,9H2,(H,17,18). The van der Waals surface area contributed by atoms with Crippen LogP contribution in [0.3, 0.4) is 0 Å². The number of nitrogens with one attached hydrogen (secondary N) is 1. The third-order valence-corrected chi connectivity index (χ3v) is 2.83. The van der Waals surface area contributed by atoms with Gasteiger partial charge in [-0.15, -0.1) is 0 Å². The number of hydrogen-bond acceptors (Lipinski definition) is 5. The van der Waals surface area contributed by atoms with Crippen molar-refractivity contribution < 1.29 is 18.7 Å². The average Bonchev–Trinajstić information content (AvgIpc) is 3.15. The maximum absolute atomic E-state index is 12.1. The molecule has 0 saturated carbocycles. The predicted octanol–water partition coefficient (Wildman–Crippen LogP) is 2.55. The van der Waals surface area contributed by atoms with Gasteiger partial charge in [-0.3, -0.25) is 4.79 Å². The van der Waals surface area contributed by atoms with Crippen LogP contribution in [0.15, 0.2) is 46.6 Å². The van der Waals surface area contributed by atoms with E-state index in [1.54, 1.807) is 30.3 Å². The van der Waals surface area contributed by atoms with Crippen LogP contribution in [0.5, 0.6) is 11.5 Å². The molecule has 0 aliphatic carbocycles. The fraction of sp³-hybridized carbons (Fsp3) is 0.0667. The fourth-order valence-corrected chi connectivity index (χ4v) is 1.84. The molecule has 1 aliphatic rings. The quantitative estimate of drug-likeness (QED) is 0.690. The summed E-state index contributed by atoms with van der Waals surface area (Å²) in [5.41, 5.74) is 0.465. The number of hydrogen-bond donors (Lipinski definition) is 1. The third-order valence-electron chi connectivity index (χ3n) is 2.83. The van der Waals surface area contributed by atoms with Gasteiger partial charge in [-0.2, -0.15) is 5.26 Å². The normalized spacial score (nSPS) is 12.8. The largest absolute Gasteiger partial charge is 0.465 e. The lowest BCUT2D eigenvalue weighted by molar-refractivity contribution is -0.112. The van der Waals surface area contributed by atoms with E-state index in [-0.39, 0.29) is 12.4 Å². The number of amides is 1. The molecule has 0 bridgehead atoms. The molecule has 3 rings (SSSR count). The van der Waals surface area contributed by atoms with Crippen LogP contribution >= 0.6 is 0 Å². The summed E-state index contributed by atoms with van der Waals surface area (Å²) in [5, 5.41) is 11.7. The van der Waals surface area contributed by atoms with E-state index in [1.807, 2.05) is 6.07 Å². The number of carbonyl (C=O) groups is 1. The van der Waals surface area contributed by atoms with Gasteiger partial charge in [-0.05, 0) is 24.3 Å². The first-order chi connectivity index (χ1) is 10.3. The Labute approximate surface area is 120 Å². The van der Waals surface area contributed by atoms with E-state index in [0.717, 1.165) is 0 Å². The Morgan fingerprint density at radius 1 is 1.29 bits per heavy atom. The van der Waals surface area contributed by atoms with Crippen LogP contribution < -0.4 is 14.8 Å². The number of benzene rings is 1. The van der Waals surface area contributed by atoms with Gasteiger partial charge in [0.2, 0.25) is 6.79 Å². The molecule has 0 spiro atoms. The second kappa shape index (κ2) is 5.43. The highest BCUT2D eigenvalue weighted by molar-refractivity contribution is 6.09. The summed E-state index contributed by atoms with van der Waals surface area (Å²) in [6, 6.07) is 10.2. The Bertz CT molecular complexity index is 742. The number of nitrogens with zero attached hydrogens (tertiary/aromatic N) is 1. The van der Waals surface area contributed by atoms with Crippen LogP contribution in [0.25, 0.3) is 6.08 Å². The highest BCUT2D eigenvalue weighted by Crippen LogP contribution is 2.34. The van der Waals surface area contributed by atoms with Gasteiger partial charge in [0.15, 0.2) is 11.5 Å². The van der Waals surface area contributed by atoms with Gasteiger partial charge in [-0.1, -0.05) is 0 Å². The van der Waals surface area contributed by atoms with Gasteiger partial charge < -0.3 is 19.2 Å². The van der Waals surface area contributed by atoms with E-state index in [9.17, 15) is 4.79 Å². The van der Waals surface area contributed by atoms with Gasteiger partial charge in [0, 0.05) is 17.8 Å². The Morgan fingerprint density at radius 2 is 2.14 bits per heavy atom. The molecule has 0 unspecified atom stereocenters. The number of ether oxygens (including phenoxy) is 2. The van der Waals surface area contributed by atoms with Crippen molar-refractivity contribution in [2.24, 2.45) is 0 Å². The van der Waals surface area contributed by atoms with Crippen molar-refractivity contribution in [1.82, 2.24) is 0 Å². The molecule has 1 aliphatic heterocycles. The number of anilines is 1. The van der Waals surface area contributed by atoms with E-state index in [2.05, 4.69) is 5.32 Å². The van der Waals surface area contributed by atoms with Crippen molar-refractivity contribution in [3.8, 4) is 17.6 Å². The molecule has 1 amide bonds. The Kier molecular flexibility index (Phi) is 3.31. The lowest BCUT2D eigenvalue weighted by Crippen LogP contribution is -2.13. The van der Waals surface area contributed by atoms with Crippen LogP contribution in [0, 0.1) is 11.3 Å². The molecule has 6 nitrogen and oxygen atoms in total. The SMILES string of the molecule is N#CC(=Cc1ccco1)C(=O)Nc1ccc2c(c1)OCO2. The van der Waals surface area contributed by atoms with Gasteiger partial charge in [0.25, 0.3) is 5.91 Å². The second-order valence-electron chi connectivity index (χ2n) is 4.21. The highest BCUT2D eigenvalue weighted by atomic mass is 16.7. The van der Waals surface area contributed by atoms with Crippen molar-refractivity contribution in [3.63, 3.8) is 0 Å². The fourth-order valence-electron chi connectivity index (χ4n) is 1.84. The zero-order chi connectivity index (χ0) is 14.7. The van der Waals surface area contributed by atoms with Crippen LogP contribution in [0.2, 0.25) is 0 Å². The minimum atomic E-state index is -0.521. The number of fused-ring (bicyclic) bond motifs is 1. The molecule has 1 aromatic carbocycles. The summed E-state index contributed by atoms with van der Waals surface area (Å²) in [6.07, 6.45) is 2.85. The van der Waals surface area contributed by atoms with Crippen molar-refractivity contribution in [2.45, 2.75) is 0 Å². The van der Waals surface area contributed by atoms with Crippen LogP contribution in [-0.4, -0.2) is 12.7 Å². The molecular weight excluding hydrogens is 272 g/mol. The molecule has 2 aromatic rings. The molecular formula is C15H10N2O4. The molecule has 1 aromatic heterocycles. The van der Waals surface area contributed by atoms with Crippen LogP contribution in [0.4, 0.5) is 5.69 Å². The lowest BCUT2D eigenvalue weighted by Gasteiger charge is -2.05. The Morgan fingerprint density at radius 3 is 2.90 bits per heavy atom. The second-order valence-corrected chi connectivity index (χ2v) is 4.21. The van der Waals surface area contributed by atoms with E-state index in [1.165, 1.54) is 12.3 Å². The summed E-state index contributed by atoms with van der Waals surface area (Å²) in [5.74, 6) is 1.10. The molecule has 2 heterocycles. The summed E-state index contributed by atoms with van der Waals surface area (Å²) in [6.45, 7) is 0.161. The zero-order valence-corrected chi connectivity index (χ0v) is 10.8. The topological polar surface area (TPSA) is 84.5 Å². The van der Waals surface area contributed by atoms with Gasteiger partial charge in [0.1, 0.15) is 17.4 Å². The average molecular weight is 282 g/mol. The maximum Gasteiger partial charge on any atom is 0.266 e. The van der Waals surface area contributed by atoms with E-state index in [4.69, 9.17) is 19.2 Å². The number of furan rings is 1. The van der Waals surface area contributed by atoms with Crippen LogP contribution in [-0.2, 0) is 4.79 Å². The first kappa shape index (κ1) is 12.8. The predicted molar refractivity (Wildman–Crippen MR) is 73.5 cm³/mol. The maximum atomic E-state index is 12.1. The molecule has 104 valence electrons. The molecule has 0 atom stereocenters. The molecule has 21 heavy (non-hydrogen) atoms. The smallest absolute Gasteiger partial charge is 0.266 e.